The molecule has 0 aliphatic heterocycles. The molecule has 2 fully saturated rings. The maximum absolute atomic E-state index is 9.96. The van der Waals surface area contributed by atoms with Crippen LogP contribution in [0, 0.1) is 11.8 Å². The molecule has 2 rings (SSSR count). The van der Waals surface area contributed by atoms with Gasteiger partial charge in [0.05, 0.1) is 5.60 Å². The summed E-state index contributed by atoms with van der Waals surface area (Å²) in [5, 5.41) is 9.96. The summed E-state index contributed by atoms with van der Waals surface area (Å²) >= 11 is 0. The van der Waals surface area contributed by atoms with Gasteiger partial charge in [-0.1, -0.05) is 12.5 Å². The fourth-order valence-corrected chi connectivity index (χ4v) is 2.96. The van der Waals surface area contributed by atoms with Gasteiger partial charge in [-0.2, -0.15) is 0 Å². The van der Waals surface area contributed by atoms with E-state index in [0.717, 1.165) is 25.2 Å². The van der Waals surface area contributed by atoms with Crippen LogP contribution in [0.1, 0.15) is 44.9 Å². The average molecular weight is 180 g/mol. The third kappa shape index (κ3) is 1.80. The SMILES string of the molecule is C=CCCCC1CCCC2(O)CC12. The van der Waals surface area contributed by atoms with Crippen LogP contribution in [-0.4, -0.2) is 10.7 Å². The Morgan fingerprint density at radius 2 is 2.38 bits per heavy atom. The summed E-state index contributed by atoms with van der Waals surface area (Å²) in [7, 11) is 0. The minimum atomic E-state index is -0.211. The monoisotopic (exact) mass is 180 g/mol. The maximum Gasteiger partial charge on any atom is 0.0683 e. The Balaban J connectivity index is 1.77. The van der Waals surface area contributed by atoms with E-state index in [1.54, 1.807) is 0 Å². The van der Waals surface area contributed by atoms with Crippen LogP contribution in [0.4, 0.5) is 0 Å². The number of fused-ring (bicyclic) bond motifs is 1. The lowest BCUT2D eigenvalue weighted by Crippen LogP contribution is -2.22. The van der Waals surface area contributed by atoms with Crippen LogP contribution in [0.2, 0.25) is 0 Å². The molecule has 3 unspecified atom stereocenters. The predicted octanol–water partition coefficient (Wildman–Crippen LogP) is 2.89. The zero-order chi connectivity index (χ0) is 9.31. The molecule has 0 aromatic carbocycles. The van der Waals surface area contributed by atoms with Crippen molar-refractivity contribution < 1.29 is 5.11 Å². The standard InChI is InChI=1S/C12H20O/c1-2-3-4-6-10-7-5-8-12(13)9-11(10)12/h2,10-11,13H,1,3-9H2. The first kappa shape index (κ1) is 9.26. The van der Waals surface area contributed by atoms with Gasteiger partial charge >= 0.3 is 0 Å². The van der Waals surface area contributed by atoms with E-state index < -0.39 is 0 Å². The van der Waals surface area contributed by atoms with Crippen molar-refractivity contribution in [1.29, 1.82) is 0 Å². The Labute approximate surface area is 80.8 Å². The van der Waals surface area contributed by atoms with Crippen LogP contribution >= 0.6 is 0 Å². The number of rotatable bonds is 4. The third-order valence-electron chi connectivity index (χ3n) is 3.84. The van der Waals surface area contributed by atoms with Crippen LogP contribution in [0.25, 0.3) is 0 Å². The lowest BCUT2D eigenvalue weighted by atomic mass is 9.84. The van der Waals surface area contributed by atoms with Gasteiger partial charge in [0.25, 0.3) is 0 Å². The van der Waals surface area contributed by atoms with Gasteiger partial charge in [0.1, 0.15) is 0 Å². The molecule has 2 saturated carbocycles. The molecule has 0 heterocycles. The molecule has 0 saturated heterocycles. The van der Waals surface area contributed by atoms with Crippen LogP contribution in [-0.2, 0) is 0 Å². The number of unbranched alkanes of at least 4 members (excludes halogenated alkanes) is 1. The van der Waals surface area contributed by atoms with Crippen molar-refractivity contribution >= 4 is 0 Å². The molecule has 2 aliphatic rings. The van der Waals surface area contributed by atoms with Crippen molar-refractivity contribution in [3.8, 4) is 0 Å². The molecule has 13 heavy (non-hydrogen) atoms. The summed E-state index contributed by atoms with van der Waals surface area (Å²) in [5.74, 6) is 1.48. The second kappa shape index (κ2) is 3.45. The Morgan fingerprint density at radius 1 is 1.54 bits per heavy atom. The topological polar surface area (TPSA) is 20.2 Å². The third-order valence-corrected chi connectivity index (χ3v) is 3.84. The van der Waals surface area contributed by atoms with Crippen LogP contribution in [0.15, 0.2) is 12.7 Å². The van der Waals surface area contributed by atoms with E-state index in [2.05, 4.69) is 6.58 Å². The van der Waals surface area contributed by atoms with Crippen molar-refractivity contribution in [2.75, 3.05) is 0 Å². The molecule has 0 amide bonds. The minimum Gasteiger partial charge on any atom is -0.390 e. The van der Waals surface area contributed by atoms with Gasteiger partial charge in [-0.15, -0.1) is 6.58 Å². The van der Waals surface area contributed by atoms with Crippen molar-refractivity contribution in [3.05, 3.63) is 12.7 Å². The van der Waals surface area contributed by atoms with Crippen LogP contribution in [0.3, 0.4) is 0 Å². The normalized spacial score (nSPS) is 42.5. The summed E-state index contributed by atoms with van der Waals surface area (Å²) in [5.41, 5.74) is -0.211. The first-order valence-corrected chi connectivity index (χ1v) is 5.59. The zero-order valence-electron chi connectivity index (χ0n) is 8.34. The van der Waals surface area contributed by atoms with E-state index in [-0.39, 0.29) is 5.60 Å². The second-order valence-electron chi connectivity index (χ2n) is 4.79. The molecule has 0 bridgehead atoms. The Morgan fingerprint density at radius 3 is 3.15 bits per heavy atom. The van der Waals surface area contributed by atoms with Gasteiger partial charge in [-0.05, 0) is 50.4 Å². The zero-order valence-corrected chi connectivity index (χ0v) is 8.34. The van der Waals surface area contributed by atoms with Gasteiger partial charge < -0.3 is 5.11 Å². The Bertz CT molecular complexity index is 199. The number of hydrogen-bond acceptors (Lipinski definition) is 1. The van der Waals surface area contributed by atoms with E-state index in [0.29, 0.717) is 5.92 Å². The van der Waals surface area contributed by atoms with E-state index >= 15 is 0 Å². The Kier molecular flexibility index (Phi) is 2.46. The van der Waals surface area contributed by atoms with Crippen molar-refractivity contribution in [3.63, 3.8) is 0 Å². The second-order valence-corrected chi connectivity index (χ2v) is 4.79. The summed E-state index contributed by atoms with van der Waals surface area (Å²) in [6, 6.07) is 0. The molecular formula is C12H20O. The van der Waals surface area contributed by atoms with Crippen molar-refractivity contribution in [1.82, 2.24) is 0 Å². The smallest absolute Gasteiger partial charge is 0.0683 e. The quantitative estimate of drug-likeness (QED) is 0.521. The van der Waals surface area contributed by atoms with Gasteiger partial charge in [-0.25, -0.2) is 0 Å². The largest absolute Gasteiger partial charge is 0.390 e. The molecule has 1 N–H and O–H groups in total. The Hall–Kier alpha value is -0.300. The molecule has 0 aromatic heterocycles. The number of hydrogen-bond donors (Lipinski definition) is 1. The molecular weight excluding hydrogens is 160 g/mol. The van der Waals surface area contributed by atoms with E-state index in [1.165, 1.54) is 25.7 Å². The van der Waals surface area contributed by atoms with Crippen molar-refractivity contribution in [2.45, 2.75) is 50.5 Å². The van der Waals surface area contributed by atoms with Gasteiger partial charge in [0, 0.05) is 0 Å². The number of aliphatic hydroxyl groups is 1. The van der Waals surface area contributed by atoms with Crippen LogP contribution < -0.4 is 0 Å². The van der Waals surface area contributed by atoms with Gasteiger partial charge in [0.15, 0.2) is 0 Å². The molecule has 3 atom stereocenters. The molecule has 2 aliphatic carbocycles. The average Bonchev–Trinajstić information content (AvgIpc) is 2.78. The minimum absolute atomic E-state index is 0.211. The van der Waals surface area contributed by atoms with E-state index in [1.807, 2.05) is 6.08 Å². The predicted molar refractivity (Wildman–Crippen MR) is 54.4 cm³/mol. The summed E-state index contributed by atoms with van der Waals surface area (Å²) in [4.78, 5) is 0. The molecule has 1 nitrogen and oxygen atoms in total. The summed E-state index contributed by atoms with van der Waals surface area (Å²) < 4.78 is 0. The molecule has 0 aromatic rings. The molecule has 1 heteroatoms. The fourth-order valence-electron chi connectivity index (χ4n) is 2.96. The van der Waals surface area contributed by atoms with E-state index in [4.69, 9.17) is 0 Å². The van der Waals surface area contributed by atoms with Crippen molar-refractivity contribution in [2.24, 2.45) is 11.8 Å². The first-order valence-electron chi connectivity index (χ1n) is 5.59. The summed E-state index contributed by atoms with van der Waals surface area (Å²) in [6.07, 6.45) is 10.5. The fraction of sp³-hybridized carbons (Fsp3) is 0.833. The highest BCUT2D eigenvalue weighted by molar-refractivity contribution is 5.08. The molecule has 74 valence electrons. The molecule has 0 spiro atoms. The lowest BCUT2D eigenvalue weighted by Gasteiger charge is -2.24. The highest BCUT2D eigenvalue weighted by Crippen LogP contribution is 2.57. The summed E-state index contributed by atoms with van der Waals surface area (Å²) in [6.45, 7) is 3.74. The van der Waals surface area contributed by atoms with Gasteiger partial charge in [-0.3, -0.25) is 0 Å². The maximum atomic E-state index is 9.96. The van der Waals surface area contributed by atoms with Crippen LogP contribution in [0.5, 0.6) is 0 Å². The van der Waals surface area contributed by atoms with Gasteiger partial charge in [0.2, 0.25) is 0 Å². The highest BCUT2D eigenvalue weighted by atomic mass is 16.3. The first-order chi connectivity index (χ1) is 6.26. The molecule has 0 radical (unpaired) electrons. The lowest BCUT2D eigenvalue weighted by molar-refractivity contribution is 0.0778. The number of allylic oxidation sites excluding steroid dienone is 1. The van der Waals surface area contributed by atoms with E-state index in [9.17, 15) is 5.11 Å². The highest BCUT2D eigenvalue weighted by Gasteiger charge is 2.57.